The molecular formula is C12H13N3O2. The largest absolute Gasteiger partial charge is 0.489 e. The van der Waals surface area contributed by atoms with Crippen LogP contribution in [0.2, 0.25) is 0 Å². The van der Waals surface area contributed by atoms with Gasteiger partial charge in [0.05, 0.1) is 29.1 Å². The number of fused-ring (bicyclic) bond motifs is 1. The summed E-state index contributed by atoms with van der Waals surface area (Å²) in [5, 5.41) is 22.4. The van der Waals surface area contributed by atoms with E-state index >= 15 is 0 Å². The number of hydrogen-bond acceptors (Lipinski definition) is 4. The fourth-order valence-electron chi connectivity index (χ4n) is 1.40. The van der Waals surface area contributed by atoms with E-state index in [2.05, 4.69) is 11.2 Å². The van der Waals surface area contributed by atoms with E-state index in [-0.39, 0.29) is 6.61 Å². The van der Waals surface area contributed by atoms with Crippen LogP contribution in [0.1, 0.15) is 19.4 Å². The topological polar surface area (TPSA) is 70.5 Å². The van der Waals surface area contributed by atoms with Crippen LogP contribution in [0.3, 0.4) is 0 Å². The Morgan fingerprint density at radius 2 is 2.29 bits per heavy atom. The van der Waals surface area contributed by atoms with Gasteiger partial charge in [0.25, 0.3) is 0 Å². The van der Waals surface area contributed by atoms with E-state index in [1.807, 2.05) is 0 Å². The van der Waals surface area contributed by atoms with Crippen molar-refractivity contribution in [2.75, 3.05) is 6.61 Å². The van der Waals surface area contributed by atoms with Crippen LogP contribution < -0.4 is 4.74 Å². The van der Waals surface area contributed by atoms with Crippen LogP contribution in [0.4, 0.5) is 0 Å². The predicted octanol–water partition coefficient (Wildman–Crippen LogP) is 1.36. The lowest BCUT2D eigenvalue weighted by Crippen LogP contribution is -2.27. The minimum Gasteiger partial charge on any atom is -0.489 e. The maximum Gasteiger partial charge on any atom is 0.137 e. The highest BCUT2D eigenvalue weighted by atomic mass is 16.5. The second kappa shape index (κ2) is 4.07. The summed E-state index contributed by atoms with van der Waals surface area (Å²) in [6.07, 6.45) is 3.19. The maximum absolute atomic E-state index is 9.54. The van der Waals surface area contributed by atoms with Gasteiger partial charge in [0.15, 0.2) is 0 Å². The number of nitrogens with zero attached hydrogens (tertiary/aromatic N) is 3. The van der Waals surface area contributed by atoms with Gasteiger partial charge >= 0.3 is 0 Å². The third-order valence-corrected chi connectivity index (χ3v) is 2.20. The number of nitriles is 1. The smallest absolute Gasteiger partial charge is 0.137 e. The minimum absolute atomic E-state index is 0.199. The third kappa shape index (κ3) is 2.55. The van der Waals surface area contributed by atoms with Gasteiger partial charge in [-0.05, 0) is 26.0 Å². The maximum atomic E-state index is 9.54. The second-order valence-electron chi connectivity index (χ2n) is 4.47. The summed E-state index contributed by atoms with van der Waals surface area (Å²) in [5.74, 6) is 0.604. The van der Waals surface area contributed by atoms with Crippen molar-refractivity contribution in [2.24, 2.45) is 0 Å². The van der Waals surface area contributed by atoms with E-state index < -0.39 is 5.60 Å². The Labute approximate surface area is 98.9 Å². The molecule has 0 saturated heterocycles. The highest BCUT2D eigenvalue weighted by Crippen LogP contribution is 2.17. The molecule has 5 heteroatoms. The van der Waals surface area contributed by atoms with Crippen LogP contribution >= 0.6 is 0 Å². The minimum atomic E-state index is -0.878. The Balaban J connectivity index is 2.24. The monoisotopic (exact) mass is 231 g/mol. The molecule has 0 spiro atoms. The molecule has 0 aliphatic carbocycles. The highest BCUT2D eigenvalue weighted by molar-refractivity contribution is 5.60. The summed E-state index contributed by atoms with van der Waals surface area (Å²) >= 11 is 0. The number of pyridine rings is 1. The molecule has 1 N–H and O–H groups in total. The first-order chi connectivity index (χ1) is 7.99. The Bertz CT molecular complexity index is 575. The molecule has 0 atom stereocenters. The van der Waals surface area contributed by atoms with Gasteiger partial charge < -0.3 is 9.84 Å². The number of aromatic nitrogens is 2. The summed E-state index contributed by atoms with van der Waals surface area (Å²) in [6.45, 7) is 3.55. The molecule has 17 heavy (non-hydrogen) atoms. The van der Waals surface area contributed by atoms with E-state index in [0.717, 1.165) is 5.52 Å². The summed E-state index contributed by atoms with van der Waals surface area (Å²) < 4.78 is 7.01. The zero-order chi connectivity index (χ0) is 12.5. The third-order valence-electron chi connectivity index (χ3n) is 2.20. The fraction of sp³-hybridized carbons (Fsp3) is 0.333. The van der Waals surface area contributed by atoms with E-state index in [4.69, 9.17) is 10.00 Å². The summed E-state index contributed by atoms with van der Waals surface area (Å²) in [5.41, 5.74) is 0.388. The number of ether oxygens (including phenoxy) is 1. The van der Waals surface area contributed by atoms with Crippen LogP contribution in [-0.2, 0) is 0 Å². The van der Waals surface area contributed by atoms with Crippen molar-refractivity contribution < 1.29 is 9.84 Å². The van der Waals surface area contributed by atoms with Crippen molar-refractivity contribution in [3.63, 3.8) is 0 Å². The average Bonchev–Trinajstić information content (AvgIpc) is 2.67. The van der Waals surface area contributed by atoms with E-state index in [9.17, 15) is 5.11 Å². The van der Waals surface area contributed by atoms with E-state index in [1.165, 1.54) is 6.20 Å². The molecule has 0 bridgehead atoms. The average molecular weight is 231 g/mol. The molecule has 2 aromatic rings. The molecule has 0 unspecified atom stereocenters. The van der Waals surface area contributed by atoms with Crippen LogP contribution in [0.15, 0.2) is 24.5 Å². The van der Waals surface area contributed by atoms with Gasteiger partial charge in [-0.3, -0.25) is 0 Å². The van der Waals surface area contributed by atoms with Crippen LogP contribution in [0.25, 0.3) is 5.52 Å². The zero-order valence-corrected chi connectivity index (χ0v) is 9.71. The quantitative estimate of drug-likeness (QED) is 0.865. The van der Waals surface area contributed by atoms with Crippen LogP contribution in [0, 0.1) is 11.3 Å². The fourth-order valence-corrected chi connectivity index (χ4v) is 1.40. The molecule has 0 aromatic carbocycles. The molecular weight excluding hydrogens is 218 g/mol. The van der Waals surface area contributed by atoms with Gasteiger partial charge in [0.2, 0.25) is 0 Å². The van der Waals surface area contributed by atoms with Gasteiger partial charge in [-0.25, -0.2) is 4.52 Å². The van der Waals surface area contributed by atoms with E-state index in [1.54, 1.807) is 36.7 Å². The van der Waals surface area contributed by atoms with Crippen LogP contribution in [-0.4, -0.2) is 26.9 Å². The Morgan fingerprint density at radius 3 is 2.94 bits per heavy atom. The molecule has 0 aliphatic rings. The van der Waals surface area contributed by atoms with E-state index in [0.29, 0.717) is 11.3 Å². The zero-order valence-electron chi connectivity index (χ0n) is 9.71. The predicted molar refractivity (Wildman–Crippen MR) is 61.7 cm³/mol. The molecule has 0 fully saturated rings. The van der Waals surface area contributed by atoms with Crippen LogP contribution in [0.5, 0.6) is 5.75 Å². The normalized spacial score (nSPS) is 11.4. The molecule has 5 nitrogen and oxygen atoms in total. The first-order valence-electron chi connectivity index (χ1n) is 5.22. The molecule has 0 amide bonds. The summed E-state index contributed by atoms with van der Waals surface area (Å²) in [4.78, 5) is 0. The lowest BCUT2D eigenvalue weighted by molar-refractivity contribution is 0.0283. The lowest BCUT2D eigenvalue weighted by atomic mass is 10.2. The van der Waals surface area contributed by atoms with Gasteiger partial charge in [0.1, 0.15) is 18.4 Å². The molecule has 2 rings (SSSR count). The Hall–Kier alpha value is -2.06. The van der Waals surface area contributed by atoms with Crippen molar-refractivity contribution in [1.82, 2.24) is 9.61 Å². The lowest BCUT2D eigenvalue weighted by Gasteiger charge is -2.17. The second-order valence-corrected chi connectivity index (χ2v) is 4.47. The van der Waals surface area contributed by atoms with Gasteiger partial charge in [-0.1, -0.05) is 0 Å². The Morgan fingerprint density at radius 1 is 1.53 bits per heavy atom. The van der Waals surface area contributed by atoms with Crippen molar-refractivity contribution in [3.05, 3.63) is 30.1 Å². The van der Waals surface area contributed by atoms with Gasteiger partial charge in [-0.15, -0.1) is 0 Å². The molecule has 88 valence electrons. The molecule has 0 saturated carbocycles. The van der Waals surface area contributed by atoms with Crippen molar-refractivity contribution in [2.45, 2.75) is 19.4 Å². The van der Waals surface area contributed by atoms with Crippen molar-refractivity contribution >= 4 is 5.52 Å². The molecule has 0 radical (unpaired) electrons. The van der Waals surface area contributed by atoms with Gasteiger partial charge in [0, 0.05) is 0 Å². The molecule has 2 heterocycles. The molecule has 2 aromatic heterocycles. The Kier molecular flexibility index (Phi) is 2.74. The molecule has 0 aliphatic heterocycles. The van der Waals surface area contributed by atoms with Crippen molar-refractivity contribution in [1.29, 1.82) is 5.26 Å². The summed E-state index contributed by atoms with van der Waals surface area (Å²) in [6, 6.07) is 5.58. The first kappa shape index (κ1) is 11.4. The number of hydrogen-bond donors (Lipinski definition) is 1. The SMILES string of the molecule is CC(C)(O)COc1ccc2c(C#N)cnn2c1. The first-order valence-corrected chi connectivity index (χ1v) is 5.22. The number of aliphatic hydroxyl groups is 1. The summed E-state index contributed by atoms with van der Waals surface area (Å²) in [7, 11) is 0. The van der Waals surface area contributed by atoms with Gasteiger partial charge in [-0.2, -0.15) is 10.4 Å². The number of rotatable bonds is 3. The standard InChI is InChI=1S/C12H13N3O2/c1-12(2,16)8-17-10-3-4-11-9(5-13)6-14-15(11)7-10/h3-4,6-7,16H,8H2,1-2H3. The van der Waals surface area contributed by atoms with Crippen molar-refractivity contribution in [3.8, 4) is 11.8 Å². The highest BCUT2D eigenvalue weighted by Gasteiger charge is 2.13.